The molecule has 0 heterocycles. The lowest BCUT2D eigenvalue weighted by molar-refractivity contribution is 0.711. The maximum atomic E-state index is 2.44. The topological polar surface area (TPSA) is 0 Å². The molecule has 0 unspecified atom stereocenters. The lowest BCUT2D eigenvalue weighted by Gasteiger charge is -2.10. The van der Waals surface area contributed by atoms with Crippen LogP contribution in [0.1, 0.15) is 55.7 Å². The van der Waals surface area contributed by atoms with Gasteiger partial charge in [-0.3, -0.25) is 0 Å². The first kappa shape index (κ1) is 9.76. The Kier molecular flexibility index (Phi) is 2.90. The quantitative estimate of drug-likeness (QED) is 0.583. The first-order chi connectivity index (χ1) is 6.77. The van der Waals surface area contributed by atoms with Crippen LogP contribution in [0, 0.1) is 0 Å². The molecule has 0 aliphatic heterocycles. The van der Waals surface area contributed by atoms with Crippen molar-refractivity contribution < 1.29 is 0 Å². The second-order valence-electron chi connectivity index (χ2n) is 4.74. The van der Waals surface area contributed by atoms with Crippen LogP contribution >= 0.6 is 0 Å². The summed E-state index contributed by atoms with van der Waals surface area (Å²) in [6, 6.07) is 7.11. The molecular formula is C14H20. The summed E-state index contributed by atoms with van der Waals surface area (Å²) < 4.78 is 0. The number of benzene rings is 1. The Morgan fingerprint density at radius 3 is 2.36 bits per heavy atom. The van der Waals surface area contributed by atoms with E-state index in [2.05, 4.69) is 32.0 Å². The summed E-state index contributed by atoms with van der Waals surface area (Å²) in [5.41, 5.74) is 4.73. The highest BCUT2D eigenvalue weighted by atomic mass is 14.1. The van der Waals surface area contributed by atoms with E-state index in [-0.39, 0.29) is 0 Å². The third kappa shape index (κ3) is 2.00. The molecule has 0 heteroatoms. The van der Waals surface area contributed by atoms with Crippen molar-refractivity contribution >= 4 is 0 Å². The van der Waals surface area contributed by atoms with Gasteiger partial charge in [0.05, 0.1) is 0 Å². The van der Waals surface area contributed by atoms with E-state index in [1.165, 1.54) is 37.7 Å². The molecule has 0 nitrogen and oxygen atoms in total. The zero-order chi connectivity index (χ0) is 9.97. The van der Waals surface area contributed by atoms with Crippen LogP contribution in [0.2, 0.25) is 0 Å². The Morgan fingerprint density at radius 1 is 0.929 bits per heavy atom. The van der Waals surface area contributed by atoms with Crippen LogP contribution in [0.5, 0.6) is 0 Å². The van der Waals surface area contributed by atoms with Crippen LogP contribution in [-0.4, -0.2) is 0 Å². The van der Waals surface area contributed by atoms with Crippen molar-refractivity contribution in [2.45, 2.75) is 51.9 Å². The molecule has 14 heavy (non-hydrogen) atoms. The number of hydrogen-bond donors (Lipinski definition) is 0. The minimum absolute atomic E-state index is 0.670. The molecule has 1 aromatic carbocycles. The fraction of sp³-hybridized carbons (Fsp3) is 0.571. The average Bonchev–Trinajstić information content (AvgIpc) is 2.41. The van der Waals surface area contributed by atoms with Crippen LogP contribution in [0.4, 0.5) is 0 Å². The van der Waals surface area contributed by atoms with Gasteiger partial charge in [0, 0.05) is 0 Å². The van der Waals surface area contributed by atoms with Crippen LogP contribution in [0.15, 0.2) is 18.2 Å². The number of aryl methyl sites for hydroxylation is 2. The van der Waals surface area contributed by atoms with Gasteiger partial charge in [-0.2, -0.15) is 0 Å². The molecule has 0 amide bonds. The number of hydrogen-bond acceptors (Lipinski definition) is 0. The van der Waals surface area contributed by atoms with E-state index in [9.17, 15) is 0 Å². The zero-order valence-corrected chi connectivity index (χ0v) is 9.34. The van der Waals surface area contributed by atoms with E-state index in [1.54, 1.807) is 11.1 Å². The van der Waals surface area contributed by atoms with Gasteiger partial charge in [0.2, 0.25) is 0 Å². The van der Waals surface area contributed by atoms with Crippen molar-refractivity contribution in [1.82, 2.24) is 0 Å². The third-order valence-corrected chi connectivity index (χ3v) is 3.29. The molecule has 1 aromatic rings. The van der Waals surface area contributed by atoms with Crippen LogP contribution in [-0.2, 0) is 12.8 Å². The fourth-order valence-corrected chi connectivity index (χ4v) is 2.29. The maximum absolute atomic E-state index is 2.44. The van der Waals surface area contributed by atoms with Gasteiger partial charge in [0.25, 0.3) is 0 Å². The predicted molar refractivity (Wildman–Crippen MR) is 61.8 cm³/mol. The molecule has 2 rings (SSSR count). The summed E-state index contributed by atoms with van der Waals surface area (Å²) in [5.74, 6) is 0.670. The lowest BCUT2D eigenvalue weighted by Crippen LogP contribution is -1.95. The Hall–Kier alpha value is -0.780. The molecule has 0 radical (unpaired) electrons. The molecule has 0 atom stereocenters. The van der Waals surface area contributed by atoms with Gasteiger partial charge in [0.1, 0.15) is 0 Å². The molecule has 0 saturated carbocycles. The average molecular weight is 188 g/mol. The van der Waals surface area contributed by atoms with Crippen LogP contribution in [0.3, 0.4) is 0 Å². The molecule has 0 fully saturated rings. The van der Waals surface area contributed by atoms with Gasteiger partial charge < -0.3 is 0 Å². The summed E-state index contributed by atoms with van der Waals surface area (Å²) in [6.07, 6.45) is 6.78. The molecular weight excluding hydrogens is 168 g/mol. The van der Waals surface area contributed by atoms with Crippen LogP contribution < -0.4 is 0 Å². The molecule has 0 N–H and O–H groups in total. The standard InChI is InChI=1S/C14H20/c1-11(2)13-9-8-12-6-4-3-5-7-14(12)10-13/h8-11H,3-7H2,1-2H3. The van der Waals surface area contributed by atoms with Gasteiger partial charge in [-0.25, -0.2) is 0 Å². The highest BCUT2D eigenvalue weighted by Gasteiger charge is 2.09. The molecule has 0 spiro atoms. The molecule has 1 aliphatic carbocycles. The number of fused-ring (bicyclic) bond motifs is 1. The summed E-state index contributed by atoms with van der Waals surface area (Å²) in [4.78, 5) is 0. The molecule has 0 bridgehead atoms. The van der Waals surface area contributed by atoms with Gasteiger partial charge in [-0.15, -0.1) is 0 Å². The first-order valence-electron chi connectivity index (χ1n) is 5.89. The second-order valence-corrected chi connectivity index (χ2v) is 4.74. The van der Waals surface area contributed by atoms with Crippen molar-refractivity contribution in [2.24, 2.45) is 0 Å². The number of rotatable bonds is 1. The maximum Gasteiger partial charge on any atom is -0.0219 e. The zero-order valence-electron chi connectivity index (χ0n) is 9.34. The van der Waals surface area contributed by atoms with E-state index < -0.39 is 0 Å². The van der Waals surface area contributed by atoms with Gasteiger partial charge in [-0.05, 0) is 48.3 Å². The normalized spacial score (nSPS) is 16.5. The Balaban J connectivity index is 2.32. The third-order valence-electron chi connectivity index (χ3n) is 3.29. The Labute approximate surface area is 87.3 Å². The van der Waals surface area contributed by atoms with Crippen molar-refractivity contribution in [3.63, 3.8) is 0 Å². The molecule has 0 saturated heterocycles. The van der Waals surface area contributed by atoms with Gasteiger partial charge in [0.15, 0.2) is 0 Å². The Morgan fingerprint density at radius 2 is 1.64 bits per heavy atom. The fourth-order valence-electron chi connectivity index (χ4n) is 2.29. The van der Waals surface area contributed by atoms with E-state index in [4.69, 9.17) is 0 Å². The minimum Gasteiger partial charge on any atom is -0.0587 e. The minimum atomic E-state index is 0.670. The molecule has 0 aromatic heterocycles. The van der Waals surface area contributed by atoms with Gasteiger partial charge in [-0.1, -0.05) is 38.5 Å². The predicted octanol–water partition coefficient (Wildman–Crippen LogP) is 4.08. The lowest BCUT2D eigenvalue weighted by atomic mass is 9.95. The summed E-state index contributed by atoms with van der Waals surface area (Å²) in [5, 5.41) is 0. The van der Waals surface area contributed by atoms with Crippen molar-refractivity contribution in [1.29, 1.82) is 0 Å². The summed E-state index contributed by atoms with van der Waals surface area (Å²) >= 11 is 0. The SMILES string of the molecule is CC(C)c1ccc2c(c1)CCCCC2. The monoisotopic (exact) mass is 188 g/mol. The smallest absolute Gasteiger partial charge is 0.0219 e. The summed E-state index contributed by atoms with van der Waals surface area (Å²) in [6.45, 7) is 4.55. The highest BCUT2D eigenvalue weighted by molar-refractivity contribution is 5.34. The Bertz CT molecular complexity index is 310. The van der Waals surface area contributed by atoms with Crippen molar-refractivity contribution in [3.05, 3.63) is 34.9 Å². The van der Waals surface area contributed by atoms with Crippen LogP contribution in [0.25, 0.3) is 0 Å². The molecule has 1 aliphatic rings. The first-order valence-corrected chi connectivity index (χ1v) is 5.89. The van der Waals surface area contributed by atoms with E-state index >= 15 is 0 Å². The van der Waals surface area contributed by atoms with Gasteiger partial charge >= 0.3 is 0 Å². The largest absolute Gasteiger partial charge is 0.0587 e. The van der Waals surface area contributed by atoms with Crippen molar-refractivity contribution in [2.75, 3.05) is 0 Å². The summed E-state index contributed by atoms with van der Waals surface area (Å²) in [7, 11) is 0. The molecule has 76 valence electrons. The van der Waals surface area contributed by atoms with E-state index in [0.717, 1.165) is 0 Å². The van der Waals surface area contributed by atoms with E-state index in [1.807, 2.05) is 0 Å². The second kappa shape index (κ2) is 4.16. The van der Waals surface area contributed by atoms with E-state index in [0.29, 0.717) is 5.92 Å². The highest BCUT2D eigenvalue weighted by Crippen LogP contribution is 2.24. The van der Waals surface area contributed by atoms with Crippen molar-refractivity contribution in [3.8, 4) is 0 Å².